The standard InChI is InChI=1S/C53H36N2O2/c56-53(57)51-29-28-41(34-54-51)45-20-10-11-21-46(45)43-30-42(37-16-6-2-7-17-37)31-44(32-43)47-22-12-13-23-48(47)50-35-55-52(40-18-8-3-9-19-40)33-49(50)39-26-24-38(25-27-39)36-14-4-1-5-15-36/h1-35H,(H,56,57). The summed E-state index contributed by atoms with van der Waals surface area (Å²) in [7, 11) is 0. The van der Waals surface area contributed by atoms with Gasteiger partial charge in [-0.2, -0.15) is 0 Å². The fourth-order valence-corrected chi connectivity index (χ4v) is 7.52. The van der Waals surface area contributed by atoms with Crippen molar-refractivity contribution >= 4 is 5.97 Å². The Kier molecular flexibility index (Phi) is 9.58. The van der Waals surface area contributed by atoms with E-state index in [0.29, 0.717) is 0 Å². The van der Waals surface area contributed by atoms with E-state index in [0.717, 1.165) is 83.6 Å². The molecular weight excluding hydrogens is 697 g/mol. The third-order valence-electron chi connectivity index (χ3n) is 10.4. The number of hydrogen-bond acceptors (Lipinski definition) is 3. The van der Waals surface area contributed by atoms with Crippen LogP contribution in [0.25, 0.3) is 89.1 Å². The average molecular weight is 733 g/mol. The fourth-order valence-electron chi connectivity index (χ4n) is 7.52. The van der Waals surface area contributed by atoms with E-state index in [9.17, 15) is 9.90 Å². The number of pyridine rings is 2. The highest BCUT2D eigenvalue weighted by Crippen LogP contribution is 2.43. The number of benzene rings is 7. The fraction of sp³-hybridized carbons (Fsp3) is 0. The predicted molar refractivity (Wildman–Crippen MR) is 232 cm³/mol. The lowest BCUT2D eigenvalue weighted by atomic mass is 9.86. The van der Waals surface area contributed by atoms with Crippen LogP contribution in [0.3, 0.4) is 0 Å². The first-order valence-corrected chi connectivity index (χ1v) is 18.9. The summed E-state index contributed by atoms with van der Waals surface area (Å²) in [6.45, 7) is 0. The summed E-state index contributed by atoms with van der Waals surface area (Å²) < 4.78 is 0. The molecule has 0 saturated carbocycles. The second-order valence-corrected chi connectivity index (χ2v) is 13.9. The van der Waals surface area contributed by atoms with E-state index in [1.165, 1.54) is 5.56 Å². The monoisotopic (exact) mass is 732 g/mol. The van der Waals surface area contributed by atoms with Gasteiger partial charge in [0.1, 0.15) is 5.69 Å². The summed E-state index contributed by atoms with van der Waals surface area (Å²) in [5.74, 6) is -1.05. The molecule has 9 rings (SSSR count). The van der Waals surface area contributed by atoms with Gasteiger partial charge in [0.2, 0.25) is 0 Å². The molecule has 9 aromatic rings. The molecule has 2 aromatic heterocycles. The van der Waals surface area contributed by atoms with Gasteiger partial charge in [-0.05, 0) is 97.1 Å². The van der Waals surface area contributed by atoms with Crippen LogP contribution in [0.1, 0.15) is 10.5 Å². The lowest BCUT2D eigenvalue weighted by Crippen LogP contribution is -1.99. The summed E-state index contributed by atoms with van der Waals surface area (Å²) >= 11 is 0. The predicted octanol–water partition coefficient (Wildman–Crippen LogP) is 13.5. The molecular formula is C53H36N2O2. The molecule has 0 fully saturated rings. The zero-order chi connectivity index (χ0) is 38.6. The highest BCUT2D eigenvalue weighted by molar-refractivity contribution is 5.96. The molecule has 2 heterocycles. The van der Waals surface area contributed by atoms with Crippen molar-refractivity contribution in [3.8, 4) is 89.1 Å². The van der Waals surface area contributed by atoms with Gasteiger partial charge in [-0.1, -0.05) is 170 Å². The van der Waals surface area contributed by atoms with Crippen molar-refractivity contribution in [1.82, 2.24) is 9.97 Å². The van der Waals surface area contributed by atoms with E-state index in [4.69, 9.17) is 4.98 Å². The summed E-state index contributed by atoms with van der Waals surface area (Å²) in [5, 5.41) is 9.50. The average Bonchev–Trinajstić information content (AvgIpc) is 3.29. The normalized spacial score (nSPS) is 10.9. The molecule has 0 atom stereocenters. The van der Waals surface area contributed by atoms with Crippen LogP contribution >= 0.6 is 0 Å². The Morgan fingerprint density at radius 3 is 1.32 bits per heavy atom. The molecule has 0 aliphatic heterocycles. The van der Waals surface area contributed by atoms with Crippen LogP contribution in [0.5, 0.6) is 0 Å². The Labute approximate surface area is 332 Å². The van der Waals surface area contributed by atoms with Crippen molar-refractivity contribution in [3.05, 3.63) is 218 Å². The Balaban J connectivity index is 1.22. The zero-order valence-corrected chi connectivity index (χ0v) is 31.0. The largest absolute Gasteiger partial charge is 0.477 e. The number of hydrogen-bond donors (Lipinski definition) is 1. The number of aromatic nitrogens is 2. The molecule has 0 bridgehead atoms. The van der Waals surface area contributed by atoms with Crippen LogP contribution < -0.4 is 0 Å². The van der Waals surface area contributed by atoms with Gasteiger partial charge in [-0.25, -0.2) is 9.78 Å². The van der Waals surface area contributed by atoms with Gasteiger partial charge in [0, 0.05) is 29.1 Å². The van der Waals surface area contributed by atoms with Gasteiger partial charge in [0.25, 0.3) is 0 Å². The minimum atomic E-state index is -1.05. The van der Waals surface area contributed by atoms with Crippen LogP contribution in [0.2, 0.25) is 0 Å². The van der Waals surface area contributed by atoms with Gasteiger partial charge in [0.05, 0.1) is 5.69 Å². The quantitative estimate of drug-likeness (QED) is 0.160. The van der Waals surface area contributed by atoms with E-state index in [1.807, 2.05) is 54.7 Å². The number of rotatable bonds is 9. The number of aromatic carboxylic acids is 1. The van der Waals surface area contributed by atoms with E-state index in [1.54, 1.807) is 12.3 Å². The molecule has 57 heavy (non-hydrogen) atoms. The molecule has 0 unspecified atom stereocenters. The molecule has 0 spiro atoms. The van der Waals surface area contributed by atoms with E-state index >= 15 is 0 Å². The molecule has 7 aromatic carbocycles. The second-order valence-electron chi connectivity index (χ2n) is 13.9. The number of carbonyl (C=O) groups is 1. The minimum absolute atomic E-state index is 0.0130. The summed E-state index contributed by atoms with van der Waals surface area (Å²) in [4.78, 5) is 20.9. The first-order chi connectivity index (χ1) is 28.1. The molecule has 270 valence electrons. The van der Waals surface area contributed by atoms with Crippen LogP contribution in [0.15, 0.2) is 213 Å². The number of carboxylic acids is 1. The maximum Gasteiger partial charge on any atom is 0.354 e. The van der Waals surface area contributed by atoms with Crippen molar-refractivity contribution in [2.24, 2.45) is 0 Å². The Morgan fingerprint density at radius 1 is 0.316 bits per heavy atom. The molecule has 1 N–H and O–H groups in total. The van der Waals surface area contributed by atoms with Crippen molar-refractivity contribution in [1.29, 1.82) is 0 Å². The maximum absolute atomic E-state index is 11.6. The van der Waals surface area contributed by atoms with Gasteiger partial charge in [-0.3, -0.25) is 4.98 Å². The molecule has 0 amide bonds. The lowest BCUT2D eigenvalue weighted by Gasteiger charge is -2.18. The molecule has 0 aliphatic carbocycles. The van der Waals surface area contributed by atoms with Crippen LogP contribution in [-0.2, 0) is 0 Å². The molecule has 4 nitrogen and oxygen atoms in total. The molecule has 0 saturated heterocycles. The number of nitrogens with zero attached hydrogens (tertiary/aromatic N) is 2. The smallest absolute Gasteiger partial charge is 0.354 e. The van der Waals surface area contributed by atoms with Gasteiger partial charge < -0.3 is 5.11 Å². The molecule has 0 radical (unpaired) electrons. The maximum atomic E-state index is 11.6. The number of carboxylic acid groups (broad SMARTS) is 1. The Bertz CT molecular complexity index is 2840. The summed E-state index contributed by atoms with van der Waals surface area (Å²) in [6, 6.07) is 69.2. The highest BCUT2D eigenvalue weighted by atomic mass is 16.4. The Morgan fingerprint density at radius 2 is 0.754 bits per heavy atom. The van der Waals surface area contributed by atoms with Crippen molar-refractivity contribution in [2.45, 2.75) is 0 Å². The first-order valence-electron chi connectivity index (χ1n) is 18.9. The molecule has 0 aliphatic rings. The van der Waals surface area contributed by atoms with Crippen LogP contribution in [-0.4, -0.2) is 21.0 Å². The van der Waals surface area contributed by atoms with Crippen molar-refractivity contribution in [3.63, 3.8) is 0 Å². The van der Waals surface area contributed by atoms with E-state index in [2.05, 4.69) is 151 Å². The Hall–Kier alpha value is -7.69. The van der Waals surface area contributed by atoms with Crippen LogP contribution in [0, 0.1) is 0 Å². The highest BCUT2D eigenvalue weighted by Gasteiger charge is 2.18. The SMILES string of the molecule is O=C(O)c1ccc(-c2ccccc2-c2cc(-c3ccccc3)cc(-c3ccccc3-c3cnc(-c4ccccc4)cc3-c3ccc(-c4ccccc4)cc3)c2)cn1. The third kappa shape index (κ3) is 7.28. The van der Waals surface area contributed by atoms with Gasteiger partial charge in [0.15, 0.2) is 0 Å². The molecule has 4 heteroatoms. The van der Waals surface area contributed by atoms with Crippen molar-refractivity contribution in [2.75, 3.05) is 0 Å². The summed E-state index contributed by atoms with van der Waals surface area (Å²) in [5.41, 5.74) is 16.8. The second kappa shape index (κ2) is 15.6. The van der Waals surface area contributed by atoms with Gasteiger partial charge in [-0.15, -0.1) is 0 Å². The third-order valence-corrected chi connectivity index (χ3v) is 10.4. The topological polar surface area (TPSA) is 63.1 Å². The first kappa shape index (κ1) is 35.0. The zero-order valence-electron chi connectivity index (χ0n) is 31.0. The van der Waals surface area contributed by atoms with E-state index in [-0.39, 0.29) is 5.69 Å². The van der Waals surface area contributed by atoms with Crippen molar-refractivity contribution < 1.29 is 9.90 Å². The van der Waals surface area contributed by atoms with E-state index < -0.39 is 5.97 Å². The van der Waals surface area contributed by atoms with Gasteiger partial charge >= 0.3 is 5.97 Å². The van der Waals surface area contributed by atoms with Crippen LogP contribution in [0.4, 0.5) is 0 Å². The lowest BCUT2D eigenvalue weighted by molar-refractivity contribution is 0.0690. The summed E-state index contributed by atoms with van der Waals surface area (Å²) in [6.07, 6.45) is 3.66. The minimum Gasteiger partial charge on any atom is -0.477 e.